The van der Waals surface area contributed by atoms with E-state index in [1.54, 1.807) is 0 Å². The smallest absolute Gasteiger partial charge is 0.277 e. The summed E-state index contributed by atoms with van der Waals surface area (Å²) in [5.41, 5.74) is 0.0401. The number of methoxy groups -OCH3 is 1. The molecule has 0 aliphatic carbocycles. The zero-order valence-electron chi connectivity index (χ0n) is 11.5. The van der Waals surface area contributed by atoms with E-state index >= 15 is 0 Å². The lowest BCUT2D eigenvalue weighted by molar-refractivity contribution is -0.744. The first-order valence-electron chi connectivity index (χ1n) is 6.10. The molecule has 116 valence electrons. The van der Waals surface area contributed by atoms with Crippen LogP contribution >= 0.6 is 0 Å². The first kappa shape index (κ1) is 15.9. The summed E-state index contributed by atoms with van der Waals surface area (Å²) in [5.74, 6) is 0.276. The van der Waals surface area contributed by atoms with Crippen LogP contribution in [0.4, 0.5) is 5.69 Å². The molecule has 1 unspecified atom stereocenters. The zero-order valence-corrected chi connectivity index (χ0v) is 12.3. The molecule has 8 nitrogen and oxygen atoms in total. The minimum Gasteiger partial charge on any atom is -0.621 e. The monoisotopic (exact) mass is 324 g/mol. The fraction of sp³-hybridized carbons (Fsp3) is 0.154. The van der Waals surface area contributed by atoms with Crippen molar-refractivity contribution in [2.45, 2.75) is 6.54 Å². The Morgan fingerprint density at radius 3 is 2.64 bits per heavy atom. The van der Waals surface area contributed by atoms with Gasteiger partial charge in [0.25, 0.3) is 21.0 Å². The van der Waals surface area contributed by atoms with Crippen LogP contribution in [0.25, 0.3) is 0 Å². The van der Waals surface area contributed by atoms with Crippen molar-refractivity contribution in [2.75, 3.05) is 7.11 Å². The molecule has 0 radical (unpaired) electrons. The normalized spacial score (nSPS) is 20.0. The number of hydroxylamine groups is 3. The highest BCUT2D eigenvalue weighted by Crippen LogP contribution is 2.29. The van der Waals surface area contributed by atoms with Crippen LogP contribution in [0.15, 0.2) is 42.6 Å². The summed E-state index contributed by atoms with van der Waals surface area (Å²) in [6.45, 7) is -0.338. The summed E-state index contributed by atoms with van der Waals surface area (Å²) in [5, 5.41) is 23.6. The van der Waals surface area contributed by atoms with Crippen molar-refractivity contribution in [3.05, 3.63) is 63.5 Å². The standard InChI is InChI=1S/C13H12N2O6S/c1-21-12-6-5-11(14(16)17)8-10(12)9-15(18)7-3-2-4-13(15)22(19)20/h2-8H,9H2,1H3. The number of rotatable bonds is 4. The molecule has 9 heteroatoms. The van der Waals surface area contributed by atoms with Crippen molar-refractivity contribution >= 4 is 21.0 Å². The number of nitro groups is 1. The number of ether oxygens (including phenoxy) is 1. The molecule has 0 spiro atoms. The second kappa shape index (κ2) is 6.10. The SMILES string of the molecule is COc1ccc([N+](=O)[O-])cc1C[N+]1([O-])C=CC=CC1=S(=O)=O. The van der Waals surface area contributed by atoms with Gasteiger partial charge in [-0.1, -0.05) is 0 Å². The van der Waals surface area contributed by atoms with E-state index < -0.39 is 19.9 Å². The summed E-state index contributed by atoms with van der Waals surface area (Å²) >= 11 is 0. The first-order valence-corrected chi connectivity index (χ1v) is 7.17. The van der Waals surface area contributed by atoms with E-state index in [1.165, 1.54) is 43.5 Å². The van der Waals surface area contributed by atoms with Gasteiger partial charge in [0, 0.05) is 18.2 Å². The highest BCUT2D eigenvalue weighted by molar-refractivity contribution is 7.72. The summed E-state index contributed by atoms with van der Waals surface area (Å²) in [4.78, 5) is 9.87. The van der Waals surface area contributed by atoms with Crippen molar-refractivity contribution in [2.24, 2.45) is 0 Å². The van der Waals surface area contributed by atoms with E-state index in [2.05, 4.69) is 0 Å². The van der Waals surface area contributed by atoms with Gasteiger partial charge in [0.2, 0.25) is 0 Å². The average molecular weight is 324 g/mol. The van der Waals surface area contributed by atoms with Gasteiger partial charge in [-0.05, 0) is 18.2 Å². The Morgan fingerprint density at radius 1 is 1.32 bits per heavy atom. The number of hydrogen-bond donors (Lipinski definition) is 0. The molecule has 22 heavy (non-hydrogen) atoms. The lowest BCUT2D eigenvalue weighted by Gasteiger charge is -2.38. The van der Waals surface area contributed by atoms with E-state index in [0.717, 1.165) is 6.20 Å². The Bertz CT molecular complexity index is 804. The summed E-state index contributed by atoms with van der Waals surface area (Å²) in [7, 11) is -1.34. The number of non-ortho nitro benzene ring substituents is 1. The van der Waals surface area contributed by atoms with Crippen LogP contribution in [0, 0.1) is 15.3 Å². The van der Waals surface area contributed by atoms with Crippen molar-refractivity contribution in [1.29, 1.82) is 0 Å². The van der Waals surface area contributed by atoms with Crippen molar-refractivity contribution < 1.29 is 22.7 Å². The van der Waals surface area contributed by atoms with E-state index in [4.69, 9.17) is 4.74 Å². The largest absolute Gasteiger partial charge is 0.621 e. The van der Waals surface area contributed by atoms with Crippen LogP contribution in [-0.4, -0.2) is 30.1 Å². The fourth-order valence-electron chi connectivity index (χ4n) is 2.09. The van der Waals surface area contributed by atoms with Gasteiger partial charge in [-0.3, -0.25) is 14.8 Å². The molecule has 0 saturated carbocycles. The lowest BCUT2D eigenvalue weighted by Crippen LogP contribution is -2.42. The van der Waals surface area contributed by atoms with Gasteiger partial charge in [-0.2, -0.15) is 8.42 Å². The Balaban J connectivity index is 2.51. The third-order valence-corrected chi connectivity index (χ3v) is 3.89. The number of benzene rings is 1. The van der Waals surface area contributed by atoms with Gasteiger partial charge in [-0.25, -0.2) is 0 Å². The van der Waals surface area contributed by atoms with E-state index in [-0.39, 0.29) is 28.5 Å². The molecule has 2 rings (SSSR count). The first-order chi connectivity index (χ1) is 10.4. The molecular weight excluding hydrogens is 312 g/mol. The summed E-state index contributed by atoms with van der Waals surface area (Å²) < 4.78 is 26.2. The van der Waals surface area contributed by atoms with Crippen molar-refractivity contribution in [3.8, 4) is 5.75 Å². The molecule has 0 bridgehead atoms. The fourth-order valence-corrected chi connectivity index (χ4v) is 2.66. The maximum atomic E-state index is 12.8. The van der Waals surface area contributed by atoms with Crippen LogP contribution in [0.2, 0.25) is 0 Å². The number of nitro benzene ring substituents is 1. The minimum absolute atomic E-state index is 0.205. The molecule has 1 aliphatic rings. The molecule has 0 amide bonds. The molecule has 1 atom stereocenters. The molecule has 0 saturated heterocycles. The van der Waals surface area contributed by atoms with Crippen LogP contribution in [-0.2, 0) is 16.8 Å². The average Bonchev–Trinajstić information content (AvgIpc) is 2.46. The van der Waals surface area contributed by atoms with Crippen molar-refractivity contribution in [1.82, 2.24) is 0 Å². The molecule has 1 aliphatic heterocycles. The predicted octanol–water partition coefficient (Wildman–Crippen LogP) is 1.51. The van der Waals surface area contributed by atoms with Crippen LogP contribution in [0.5, 0.6) is 5.75 Å². The zero-order chi connectivity index (χ0) is 16.3. The van der Waals surface area contributed by atoms with Gasteiger partial charge in [0.05, 0.1) is 17.6 Å². The number of hydrogen-bond acceptors (Lipinski definition) is 6. The van der Waals surface area contributed by atoms with Gasteiger partial charge in [0.1, 0.15) is 18.5 Å². The quantitative estimate of drug-likeness (QED) is 0.273. The van der Waals surface area contributed by atoms with Crippen molar-refractivity contribution in [3.63, 3.8) is 0 Å². The highest BCUT2D eigenvalue weighted by Gasteiger charge is 2.27. The summed E-state index contributed by atoms with van der Waals surface area (Å²) in [6, 6.07) is 3.82. The molecule has 0 fully saturated rings. The second-order valence-electron chi connectivity index (χ2n) is 4.48. The Morgan fingerprint density at radius 2 is 2.05 bits per heavy atom. The maximum Gasteiger partial charge on any atom is 0.277 e. The molecular formula is C13H12N2O6S. The predicted molar refractivity (Wildman–Crippen MR) is 79.2 cm³/mol. The van der Waals surface area contributed by atoms with Crippen LogP contribution in [0.1, 0.15) is 5.56 Å². The minimum atomic E-state index is -2.70. The van der Waals surface area contributed by atoms with Gasteiger partial charge < -0.3 is 9.94 Å². The molecule has 1 aromatic rings. The lowest BCUT2D eigenvalue weighted by atomic mass is 10.1. The second-order valence-corrected chi connectivity index (χ2v) is 5.37. The highest BCUT2D eigenvalue weighted by atomic mass is 32.2. The van der Waals surface area contributed by atoms with Gasteiger partial charge in [0.15, 0.2) is 0 Å². The Labute approximate surface area is 127 Å². The number of allylic oxidation sites excluding steroid dienone is 2. The molecule has 0 N–H and O–H groups in total. The third kappa shape index (κ3) is 3.06. The molecule has 1 aromatic carbocycles. The number of quaternary nitrogens is 1. The number of nitrogens with zero attached hydrogens (tertiary/aromatic N) is 2. The van der Waals surface area contributed by atoms with Gasteiger partial charge >= 0.3 is 0 Å². The topological polar surface area (TPSA) is 110 Å². The Hall–Kier alpha value is -2.49. The third-order valence-electron chi connectivity index (χ3n) is 3.10. The molecule has 1 heterocycles. The van der Waals surface area contributed by atoms with Gasteiger partial charge in [-0.15, -0.1) is 0 Å². The van der Waals surface area contributed by atoms with Crippen LogP contribution in [0.3, 0.4) is 0 Å². The molecule has 0 aromatic heterocycles. The van der Waals surface area contributed by atoms with Crippen LogP contribution < -0.4 is 4.74 Å². The van der Waals surface area contributed by atoms with E-state index in [1.807, 2.05) is 0 Å². The van der Waals surface area contributed by atoms with E-state index in [0.29, 0.717) is 0 Å². The Kier molecular flexibility index (Phi) is 4.40. The summed E-state index contributed by atoms with van der Waals surface area (Å²) in [6.07, 6.45) is 5.21. The maximum absolute atomic E-state index is 12.8. The van der Waals surface area contributed by atoms with E-state index in [9.17, 15) is 23.7 Å².